The summed E-state index contributed by atoms with van der Waals surface area (Å²) < 4.78 is 5.96. The number of hydrogen-bond acceptors (Lipinski definition) is 5. The monoisotopic (exact) mass is 408 g/mol. The van der Waals surface area contributed by atoms with E-state index < -0.39 is 5.91 Å². The van der Waals surface area contributed by atoms with E-state index in [0.29, 0.717) is 17.3 Å². The Labute approximate surface area is 141 Å². The molecule has 0 bridgehead atoms. The molecular formula is C15H13IN4O2. The number of aryl methyl sites for hydroxylation is 2. The van der Waals surface area contributed by atoms with Crippen molar-refractivity contribution in [2.75, 3.05) is 10.6 Å². The molecule has 6 nitrogen and oxygen atoms in total. The molecule has 0 spiro atoms. The number of nitriles is 1. The summed E-state index contributed by atoms with van der Waals surface area (Å²) >= 11 is 2.20. The van der Waals surface area contributed by atoms with E-state index >= 15 is 0 Å². The highest BCUT2D eigenvalue weighted by molar-refractivity contribution is 14.1. The summed E-state index contributed by atoms with van der Waals surface area (Å²) in [5.74, 6) is 0.580. The van der Waals surface area contributed by atoms with E-state index in [1.165, 1.54) is 6.20 Å². The van der Waals surface area contributed by atoms with Gasteiger partial charge in [0.1, 0.15) is 17.4 Å². The zero-order valence-electron chi connectivity index (χ0n) is 12.0. The van der Waals surface area contributed by atoms with Crippen molar-refractivity contribution in [1.29, 1.82) is 5.26 Å². The molecule has 112 valence electrons. The lowest BCUT2D eigenvalue weighted by molar-refractivity contribution is -0.112. The highest BCUT2D eigenvalue weighted by Gasteiger charge is 2.11. The normalized spacial score (nSPS) is 10.9. The van der Waals surface area contributed by atoms with Gasteiger partial charge in [0.25, 0.3) is 5.91 Å². The van der Waals surface area contributed by atoms with Crippen molar-refractivity contribution in [3.05, 3.63) is 50.9 Å². The molecule has 0 aliphatic heterocycles. The molecule has 0 fully saturated rings. The van der Waals surface area contributed by atoms with Crippen LogP contribution in [0.15, 0.2) is 40.6 Å². The quantitative estimate of drug-likeness (QED) is 0.460. The van der Waals surface area contributed by atoms with Gasteiger partial charge < -0.3 is 15.2 Å². The fourth-order valence-corrected chi connectivity index (χ4v) is 2.33. The number of rotatable bonds is 4. The first-order valence-electron chi connectivity index (χ1n) is 6.37. The van der Waals surface area contributed by atoms with Crippen LogP contribution in [0.3, 0.4) is 0 Å². The molecule has 0 atom stereocenters. The van der Waals surface area contributed by atoms with Crippen molar-refractivity contribution in [3.8, 4) is 6.07 Å². The van der Waals surface area contributed by atoms with Crippen LogP contribution >= 0.6 is 22.6 Å². The summed E-state index contributed by atoms with van der Waals surface area (Å²) in [6, 6.07) is 9.15. The minimum absolute atomic E-state index is 0.0568. The molecule has 0 saturated carbocycles. The molecule has 0 unspecified atom stereocenters. The second-order valence-corrected chi connectivity index (χ2v) is 5.80. The molecule has 1 aromatic carbocycles. The molecule has 0 aliphatic rings. The van der Waals surface area contributed by atoms with Gasteiger partial charge in [0.2, 0.25) is 0 Å². The van der Waals surface area contributed by atoms with Crippen LogP contribution in [0, 0.1) is 28.7 Å². The SMILES string of the molecule is Cc1cc(N/C=C(/C#N)C(=O)Nc2ccc(I)cc2C)no1. The Morgan fingerprint density at radius 3 is 2.77 bits per heavy atom. The third-order valence-corrected chi connectivity index (χ3v) is 3.47. The molecule has 7 heteroatoms. The van der Waals surface area contributed by atoms with Crippen molar-refractivity contribution < 1.29 is 9.32 Å². The highest BCUT2D eigenvalue weighted by Crippen LogP contribution is 2.18. The summed E-state index contributed by atoms with van der Waals surface area (Å²) in [4.78, 5) is 12.1. The summed E-state index contributed by atoms with van der Waals surface area (Å²) in [5, 5.41) is 18.3. The Balaban J connectivity index is 2.10. The smallest absolute Gasteiger partial charge is 0.267 e. The fourth-order valence-electron chi connectivity index (χ4n) is 1.69. The number of amides is 1. The van der Waals surface area contributed by atoms with Crippen molar-refractivity contribution in [2.24, 2.45) is 0 Å². The van der Waals surface area contributed by atoms with Gasteiger partial charge in [0.15, 0.2) is 5.82 Å². The molecule has 0 saturated heterocycles. The van der Waals surface area contributed by atoms with Crippen molar-refractivity contribution in [3.63, 3.8) is 0 Å². The van der Waals surface area contributed by atoms with Crippen LogP contribution in [-0.2, 0) is 4.79 Å². The lowest BCUT2D eigenvalue weighted by Gasteiger charge is -2.08. The third-order valence-electron chi connectivity index (χ3n) is 2.79. The van der Waals surface area contributed by atoms with Crippen LogP contribution in [0.1, 0.15) is 11.3 Å². The first kappa shape index (κ1) is 16.0. The maximum atomic E-state index is 12.1. The predicted octanol–water partition coefficient (Wildman–Crippen LogP) is 3.35. The summed E-state index contributed by atoms with van der Waals surface area (Å²) in [6.07, 6.45) is 1.30. The molecule has 1 amide bonds. The van der Waals surface area contributed by atoms with E-state index in [-0.39, 0.29) is 5.57 Å². The van der Waals surface area contributed by atoms with Gasteiger partial charge in [-0.2, -0.15) is 5.26 Å². The minimum atomic E-state index is -0.487. The zero-order chi connectivity index (χ0) is 16.1. The van der Waals surface area contributed by atoms with Gasteiger partial charge in [-0.25, -0.2) is 0 Å². The van der Waals surface area contributed by atoms with Crippen LogP contribution in [-0.4, -0.2) is 11.1 Å². The lowest BCUT2D eigenvalue weighted by atomic mass is 10.2. The van der Waals surface area contributed by atoms with E-state index in [1.807, 2.05) is 25.1 Å². The second-order valence-electron chi connectivity index (χ2n) is 4.55. The average Bonchev–Trinajstić information content (AvgIpc) is 2.88. The Bertz CT molecular complexity index is 774. The van der Waals surface area contributed by atoms with Gasteiger partial charge in [-0.15, -0.1) is 0 Å². The zero-order valence-corrected chi connectivity index (χ0v) is 14.1. The van der Waals surface area contributed by atoms with Gasteiger partial charge >= 0.3 is 0 Å². The first-order valence-corrected chi connectivity index (χ1v) is 7.45. The number of carbonyl (C=O) groups is 1. The Kier molecular flexibility index (Phi) is 5.16. The molecule has 22 heavy (non-hydrogen) atoms. The van der Waals surface area contributed by atoms with E-state index in [9.17, 15) is 4.79 Å². The van der Waals surface area contributed by atoms with Crippen LogP contribution in [0.5, 0.6) is 0 Å². The van der Waals surface area contributed by atoms with E-state index in [1.54, 1.807) is 19.1 Å². The Morgan fingerprint density at radius 1 is 1.41 bits per heavy atom. The summed E-state index contributed by atoms with van der Waals surface area (Å²) in [5.41, 5.74) is 1.54. The molecule has 2 N–H and O–H groups in total. The topological polar surface area (TPSA) is 91.0 Å². The lowest BCUT2D eigenvalue weighted by Crippen LogP contribution is -2.15. The number of anilines is 2. The van der Waals surface area contributed by atoms with Crippen LogP contribution in [0.25, 0.3) is 0 Å². The van der Waals surface area contributed by atoms with Gasteiger partial charge in [-0.3, -0.25) is 4.79 Å². The summed E-state index contributed by atoms with van der Waals surface area (Å²) in [7, 11) is 0. The van der Waals surface area contributed by atoms with Gasteiger partial charge in [-0.1, -0.05) is 5.16 Å². The molecule has 0 aliphatic carbocycles. The van der Waals surface area contributed by atoms with Crippen LogP contribution in [0.4, 0.5) is 11.5 Å². The molecule has 1 heterocycles. The van der Waals surface area contributed by atoms with Gasteiger partial charge in [0.05, 0.1) is 0 Å². The number of benzene rings is 1. The van der Waals surface area contributed by atoms with E-state index in [0.717, 1.165) is 9.13 Å². The number of nitrogens with one attached hydrogen (secondary N) is 2. The number of aromatic nitrogens is 1. The third kappa shape index (κ3) is 4.08. The highest BCUT2D eigenvalue weighted by atomic mass is 127. The largest absolute Gasteiger partial charge is 0.360 e. The predicted molar refractivity (Wildman–Crippen MR) is 91.1 cm³/mol. The molecule has 0 radical (unpaired) electrons. The van der Waals surface area contributed by atoms with Crippen LogP contribution in [0.2, 0.25) is 0 Å². The van der Waals surface area contributed by atoms with Crippen molar-refractivity contribution in [1.82, 2.24) is 5.16 Å². The molecule has 2 rings (SSSR count). The van der Waals surface area contributed by atoms with Crippen molar-refractivity contribution in [2.45, 2.75) is 13.8 Å². The Morgan fingerprint density at radius 2 is 2.18 bits per heavy atom. The Hall–Kier alpha value is -2.34. The molecular weight excluding hydrogens is 395 g/mol. The molecule has 2 aromatic rings. The standard InChI is InChI=1S/C15H13IN4O2/c1-9-5-12(16)3-4-13(9)19-15(21)11(7-17)8-18-14-6-10(2)22-20-14/h3-6,8H,1-2H3,(H,18,20)(H,19,21)/b11-8-. The number of halogens is 1. The van der Waals surface area contributed by atoms with Crippen molar-refractivity contribution >= 4 is 40.0 Å². The molecule has 1 aromatic heterocycles. The van der Waals surface area contributed by atoms with Gasteiger partial charge in [-0.05, 0) is 60.2 Å². The first-order chi connectivity index (χ1) is 10.5. The maximum Gasteiger partial charge on any atom is 0.267 e. The second kappa shape index (κ2) is 7.09. The maximum absolute atomic E-state index is 12.1. The van der Waals surface area contributed by atoms with E-state index in [2.05, 4.69) is 38.4 Å². The number of nitrogens with zero attached hydrogens (tertiary/aromatic N) is 2. The fraction of sp³-hybridized carbons (Fsp3) is 0.133. The average molecular weight is 408 g/mol. The number of carbonyl (C=O) groups excluding carboxylic acids is 1. The van der Waals surface area contributed by atoms with Gasteiger partial charge in [0, 0.05) is 21.5 Å². The van der Waals surface area contributed by atoms with E-state index in [4.69, 9.17) is 9.78 Å². The minimum Gasteiger partial charge on any atom is -0.360 e. The number of hydrogen-bond donors (Lipinski definition) is 2. The van der Waals surface area contributed by atoms with Crippen LogP contribution < -0.4 is 10.6 Å². The summed E-state index contributed by atoms with van der Waals surface area (Å²) in [6.45, 7) is 3.64.